The van der Waals surface area contributed by atoms with Crippen molar-refractivity contribution < 1.29 is 14.3 Å². The molecule has 0 aromatic heterocycles. The molecule has 0 heterocycles. The van der Waals surface area contributed by atoms with Crippen molar-refractivity contribution in [2.45, 2.75) is 6.92 Å². The van der Waals surface area contributed by atoms with E-state index < -0.39 is 5.97 Å². The van der Waals surface area contributed by atoms with Crippen LogP contribution in [0.25, 0.3) is 0 Å². The third kappa shape index (κ3) is 4.49. The van der Waals surface area contributed by atoms with Gasteiger partial charge in [0.15, 0.2) is 0 Å². The summed E-state index contributed by atoms with van der Waals surface area (Å²) in [6, 6.07) is 9.27. The highest BCUT2D eigenvalue weighted by atomic mass is 79.9. The second-order valence-electron chi connectivity index (χ2n) is 2.91. The minimum atomic E-state index is -0.395. The molecule has 0 aliphatic carbocycles. The smallest absolute Gasteiger partial charge is 0.334 e. The Hall–Kier alpha value is -1.29. The van der Waals surface area contributed by atoms with Crippen molar-refractivity contribution in [3.05, 3.63) is 42.2 Å². The fraction of sp³-hybridized carbons (Fsp3) is 0.250. The van der Waals surface area contributed by atoms with Crippen molar-refractivity contribution in [3.63, 3.8) is 0 Å². The highest BCUT2D eigenvalue weighted by Gasteiger charge is 2.03. The quantitative estimate of drug-likeness (QED) is 0.361. The molecular weight excluding hydrogens is 272 g/mol. The van der Waals surface area contributed by atoms with Crippen LogP contribution in [0.5, 0.6) is 5.75 Å². The van der Waals surface area contributed by atoms with Crippen LogP contribution in [0.1, 0.15) is 6.92 Å². The molecule has 0 fully saturated rings. The van der Waals surface area contributed by atoms with E-state index in [0.717, 1.165) is 0 Å². The fourth-order valence-electron chi connectivity index (χ4n) is 1.05. The summed E-state index contributed by atoms with van der Waals surface area (Å²) in [5, 5.41) is 0.459. The summed E-state index contributed by atoms with van der Waals surface area (Å²) < 4.78 is 10.3. The van der Waals surface area contributed by atoms with Crippen LogP contribution in [0, 0.1) is 0 Å². The summed E-state index contributed by atoms with van der Waals surface area (Å²) in [7, 11) is 0. The first kappa shape index (κ1) is 12.8. The maximum absolute atomic E-state index is 11.2. The van der Waals surface area contributed by atoms with Gasteiger partial charge in [0.25, 0.3) is 0 Å². The van der Waals surface area contributed by atoms with Crippen LogP contribution in [0.15, 0.2) is 42.2 Å². The van der Waals surface area contributed by atoms with Gasteiger partial charge >= 0.3 is 5.97 Å². The molecule has 0 unspecified atom stereocenters. The first-order valence-corrected chi connectivity index (χ1v) is 6.04. The number of rotatable bonds is 5. The number of allylic oxidation sites excluding steroid dienone is 1. The van der Waals surface area contributed by atoms with Crippen molar-refractivity contribution in [3.8, 4) is 5.75 Å². The minimum absolute atomic E-state index is 0.357. The maximum atomic E-state index is 11.2. The zero-order chi connectivity index (χ0) is 11.8. The third-order valence-corrected chi connectivity index (χ3v) is 2.24. The molecule has 0 radical (unpaired) electrons. The Kier molecular flexibility index (Phi) is 5.64. The number of esters is 1. The van der Waals surface area contributed by atoms with E-state index in [1.807, 2.05) is 30.3 Å². The summed E-state index contributed by atoms with van der Waals surface area (Å²) in [5.74, 6) is 0.815. The van der Waals surface area contributed by atoms with Gasteiger partial charge in [-0.25, -0.2) is 4.79 Å². The molecule has 0 amide bonds. The number of ether oxygens (including phenoxy) is 2. The molecule has 0 bridgehead atoms. The van der Waals surface area contributed by atoms with Crippen molar-refractivity contribution in [2.75, 3.05) is 11.9 Å². The van der Waals surface area contributed by atoms with E-state index in [0.29, 0.717) is 23.4 Å². The summed E-state index contributed by atoms with van der Waals surface area (Å²) in [4.78, 5) is 11.2. The highest BCUT2D eigenvalue weighted by Crippen LogP contribution is 2.14. The number of hydrogen-bond acceptors (Lipinski definition) is 3. The lowest BCUT2D eigenvalue weighted by Gasteiger charge is -2.06. The molecule has 3 nitrogen and oxygen atoms in total. The van der Waals surface area contributed by atoms with E-state index in [1.165, 1.54) is 6.08 Å². The lowest BCUT2D eigenvalue weighted by molar-refractivity contribution is -0.137. The zero-order valence-corrected chi connectivity index (χ0v) is 10.6. The number of benzene rings is 1. The zero-order valence-electron chi connectivity index (χ0n) is 8.98. The molecule has 0 aliphatic heterocycles. The van der Waals surface area contributed by atoms with E-state index >= 15 is 0 Å². The fourth-order valence-corrected chi connectivity index (χ4v) is 1.33. The second-order valence-corrected chi connectivity index (χ2v) is 3.47. The Bertz CT molecular complexity index is 360. The molecule has 0 spiro atoms. The van der Waals surface area contributed by atoms with Gasteiger partial charge in [0, 0.05) is 0 Å². The molecule has 1 rings (SSSR count). The number of para-hydroxylation sites is 1. The van der Waals surface area contributed by atoms with Gasteiger partial charge in [-0.15, -0.1) is 0 Å². The number of alkyl halides is 1. The molecule has 16 heavy (non-hydrogen) atoms. The predicted molar refractivity (Wildman–Crippen MR) is 65.6 cm³/mol. The van der Waals surface area contributed by atoms with Crippen molar-refractivity contribution in [1.82, 2.24) is 0 Å². The Balaban J connectivity index is 2.65. The van der Waals surface area contributed by atoms with Crippen LogP contribution in [0.4, 0.5) is 0 Å². The molecule has 86 valence electrons. The lowest BCUT2D eigenvalue weighted by atomic mass is 10.3. The average molecular weight is 285 g/mol. The Morgan fingerprint density at radius 1 is 1.38 bits per heavy atom. The van der Waals surface area contributed by atoms with Crippen LogP contribution in [-0.4, -0.2) is 17.9 Å². The summed E-state index contributed by atoms with van der Waals surface area (Å²) >= 11 is 3.25. The van der Waals surface area contributed by atoms with Crippen LogP contribution in [0.2, 0.25) is 0 Å². The van der Waals surface area contributed by atoms with Gasteiger partial charge in [0.1, 0.15) is 11.5 Å². The first-order valence-electron chi connectivity index (χ1n) is 4.92. The van der Waals surface area contributed by atoms with Gasteiger partial charge in [-0.1, -0.05) is 34.1 Å². The lowest BCUT2D eigenvalue weighted by Crippen LogP contribution is -2.05. The van der Waals surface area contributed by atoms with Gasteiger partial charge in [-0.2, -0.15) is 0 Å². The molecule has 0 saturated carbocycles. The van der Waals surface area contributed by atoms with E-state index in [1.54, 1.807) is 6.92 Å². The molecule has 1 aromatic rings. The first-order chi connectivity index (χ1) is 7.76. The van der Waals surface area contributed by atoms with Crippen LogP contribution in [0.3, 0.4) is 0 Å². The second kappa shape index (κ2) is 7.06. The van der Waals surface area contributed by atoms with Gasteiger partial charge in [0.05, 0.1) is 18.0 Å². The van der Waals surface area contributed by atoms with Gasteiger partial charge in [-0.3, -0.25) is 0 Å². The maximum Gasteiger partial charge on any atom is 0.334 e. The number of carbonyl (C=O) groups is 1. The Morgan fingerprint density at radius 2 is 2.06 bits per heavy atom. The molecule has 0 saturated heterocycles. The molecule has 0 N–H and O–H groups in total. The molecule has 1 aromatic carbocycles. The standard InChI is InChI=1S/C12H13BrO3/c1-2-15-12(14)8-11(9-13)16-10-6-4-3-5-7-10/h3-8H,2,9H2,1H3. The van der Waals surface area contributed by atoms with Gasteiger partial charge in [0.2, 0.25) is 0 Å². The number of hydrogen-bond donors (Lipinski definition) is 0. The predicted octanol–water partition coefficient (Wildman–Crippen LogP) is 2.91. The topological polar surface area (TPSA) is 35.5 Å². The van der Waals surface area contributed by atoms with Gasteiger partial charge in [-0.05, 0) is 19.1 Å². The highest BCUT2D eigenvalue weighted by molar-refractivity contribution is 9.09. The summed E-state index contributed by atoms with van der Waals surface area (Å²) in [5.41, 5.74) is 0. The molecule has 4 heteroatoms. The van der Waals surface area contributed by atoms with E-state index in [2.05, 4.69) is 15.9 Å². The average Bonchev–Trinajstić information content (AvgIpc) is 2.30. The Labute approximate surface area is 103 Å². The molecule has 0 aliphatic rings. The number of carbonyl (C=O) groups excluding carboxylic acids is 1. The Morgan fingerprint density at radius 3 is 2.62 bits per heavy atom. The van der Waals surface area contributed by atoms with E-state index in [-0.39, 0.29) is 0 Å². The molecular formula is C12H13BrO3. The normalized spacial score (nSPS) is 11.0. The monoisotopic (exact) mass is 284 g/mol. The SMILES string of the molecule is CCOC(=O)C=C(CBr)Oc1ccccc1. The largest absolute Gasteiger partial charge is 0.463 e. The van der Waals surface area contributed by atoms with E-state index in [4.69, 9.17) is 9.47 Å². The summed E-state index contributed by atoms with van der Waals surface area (Å²) in [6.07, 6.45) is 1.34. The van der Waals surface area contributed by atoms with Crippen molar-refractivity contribution in [2.24, 2.45) is 0 Å². The van der Waals surface area contributed by atoms with Crippen LogP contribution in [-0.2, 0) is 9.53 Å². The molecule has 0 atom stereocenters. The van der Waals surface area contributed by atoms with Crippen LogP contribution >= 0.6 is 15.9 Å². The van der Waals surface area contributed by atoms with Crippen LogP contribution < -0.4 is 4.74 Å². The summed E-state index contributed by atoms with van der Waals surface area (Å²) in [6.45, 7) is 2.12. The van der Waals surface area contributed by atoms with Gasteiger partial charge < -0.3 is 9.47 Å². The van der Waals surface area contributed by atoms with Crippen molar-refractivity contribution >= 4 is 21.9 Å². The van der Waals surface area contributed by atoms with E-state index in [9.17, 15) is 4.79 Å². The minimum Gasteiger partial charge on any atom is -0.463 e. The third-order valence-electron chi connectivity index (χ3n) is 1.69. The number of halogens is 1. The van der Waals surface area contributed by atoms with Crippen molar-refractivity contribution in [1.29, 1.82) is 0 Å².